The first-order valence-corrected chi connectivity index (χ1v) is 8.12. The van der Waals surface area contributed by atoms with Crippen LogP contribution in [0.1, 0.15) is 39.5 Å². The van der Waals surface area contributed by atoms with E-state index in [2.05, 4.69) is 19.2 Å². The van der Waals surface area contributed by atoms with E-state index in [9.17, 15) is 9.59 Å². The zero-order valence-corrected chi connectivity index (χ0v) is 12.6. The van der Waals surface area contributed by atoms with Crippen molar-refractivity contribution in [3.05, 3.63) is 0 Å². The predicted molar refractivity (Wildman–Crippen MR) is 76.9 cm³/mol. The van der Waals surface area contributed by atoms with E-state index in [0.29, 0.717) is 23.7 Å². The first kappa shape index (κ1) is 13.9. The van der Waals surface area contributed by atoms with Gasteiger partial charge in [-0.2, -0.15) is 0 Å². The smallest absolute Gasteiger partial charge is 0.225 e. The number of nitrogens with one attached hydrogen (secondary N) is 1. The summed E-state index contributed by atoms with van der Waals surface area (Å²) < 4.78 is 0. The van der Waals surface area contributed by atoms with Gasteiger partial charge in [-0.15, -0.1) is 0 Å². The van der Waals surface area contributed by atoms with E-state index in [1.165, 1.54) is 0 Å². The van der Waals surface area contributed by atoms with Crippen LogP contribution >= 0.6 is 0 Å². The third-order valence-corrected chi connectivity index (χ3v) is 5.27. The molecule has 3 rings (SSSR count). The van der Waals surface area contributed by atoms with Gasteiger partial charge in [0.2, 0.25) is 11.8 Å². The average Bonchev–Trinajstić information content (AvgIpc) is 3.34. The molecule has 0 radical (unpaired) electrons. The Labute approximate surface area is 121 Å². The largest absolute Gasteiger partial charge is 0.356 e. The molecule has 0 spiro atoms. The van der Waals surface area contributed by atoms with Crippen molar-refractivity contribution in [3.63, 3.8) is 0 Å². The molecule has 0 unspecified atom stereocenters. The number of rotatable bonds is 4. The highest BCUT2D eigenvalue weighted by Crippen LogP contribution is 2.40. The van der Waals surface area contributed by atoms with E-state index in [1.54, 1.807) is 0 Å². The summed E-state index contributed by atoms with van der Waals surface area (Å²) in [5, 5.41) is 3.08. The summed E-state index contributed by atoms with van der Waals surface area (Å²) in [5.41, 5.74) is 0. The van der Waals surface area contributed by atoms with E-state index in [1.807, 2.05) is 4.90 Å². The number of likely N-dealkylation sites (tertiary alicyclic amines) is 1. The highest BCUT2D eigenvalue weighted by atomic mass is 16.2. The van der Waals surface area contributed by atoms with Crippen LogP contribution < -0.4 is 5.32 Å². The lowest BCUT2D eigenvalue weighted by Crippen LogP contribution is -2.44. The lowest BCUT2D eigenvalue weighted by atomic mass is 9.97. The Kier molecular flexibility index (Phi) is 3.74. The SMILES string of the molecule is C[C@@H]1C[C@@H]1C(=O)NC[C@@H]1CCCN(C(=O)[C@H]2C[C@@H]2C)C1. The molecule has 2 aliphatic carbocycles. The minimum Gasteiger partial charge on any atom is -0.356 e. The highest BCUT2D eigenvalue weighted by Gasteiger charge is 2.42. The fourth-order valence-corrected chi connectivity index (χ4v) is 3.40. The minimum absolute atomic E-state index is 0.219. The number of amides is 2. The Morgan fingerprint density at radius 2 is 1.80 bits per heavy atom. The van der Waals surface area contributed by atoms with Crippen molar-refractivity contribution in [1.29, 1.82) is 0 Å². The molecule has 1 aliphatic heterocycles. The maximum Gasteiger partial charge on any atom is 0.225 e. The minimum atomic E-state index is 0.219. The van der Waals surface area contributed by atoms with Crippen LogP contribution in [0.3, 0.4) is 0 Å². The van der Waals surface area contributed by atoms with E-state index in [0.717, 1.165) is 45.3 Å². The maximum atomic E-state index is 12.3. The normalized spacial score (nSPS) is 39.3. The number of hydrogen-bond acceptors (Lipinski definition) is 2. The van der Waals surface area contributed by atoms with Crippen molar-refractivity contribution in [2.75, 3.05) is 19.6 Å². The van der Waals surface area contributed by atoms with E-state index >= 15 is 0 Å². The number of piperidine rings is 1. The van der Waals surface area contributed by atoms with Gasteiger partial charge < -0.3 is 10.2 Å². The molecule has 1 saturated heterocycles. The quantitative estimate of drug-likeness (QED) is 0.850. The van der Waals surface area contributed by atoms with Gasteiger partial charge in [-0.3, -0.25) is 9.59 Å². The molecule has 5 atom stereocenters. The average molecular weight is 278 g/mol. The Morgan fingerprint density at radius 3 is 2.40 bits per heavy atom. The van der Waals surface area contributed by atoms with Crippen molar-refractivity contribution in [1.82, 2.24) is 10.2 Å². The van der Waals surface area contributed by atoms with Gasteiger partial charge >= 0.3 is 0 Å². The third kappa shape index (κ3) is 2.99. The number of carbonyl (C=O) groups excluding carboxylic acids is 2. The van der Waals surface area contributed by atoms with Crippen molar-refractivity contribution >= 4 is 11.8 Å². The zero-order valence-electron chi connectivity index (χ0n) is 12.6. The highest BCUT2D eigenvalue weighted by molar-refractivity contribution is 5.82. The summed E-state index contributed by atoms with van der Waals surface area (Å²) >= 11 is 0. The first-order valence-electron chi connectivity index (χ1n) is 8.12. The second-order valence-electron chi connectivity index (χ2n) is 7.18. The Bertz CT molecular complexity index is 409. The van der Waals surface area contributed by atoms with Crippen molar-refractivity contribution < 1.29 is 9.59 Å². The monoisotopic (exact) mass is 278 g/mol. The summed E-state index contributed by atoms with van der Waals surface area (Å²) in [4.78, 5) is 26.1. The van der Waals surface area contributed by atoms with Crippen LogP contribution in [0.2, 0.25) is 0 Å². The Balaban J connectivity index is 1.43. The summed E-state index contributed by atoms with van der Waals surface area (Å²) in [6, 6.07) is 0. The van der Waals surface area contributed by atoms with Gasteiger partial charge in [0, 0.05) is 31.5 Å². The molecule has 3 aliphatic rings. The molecule has 112 valence electrons. The summed E-state index contributed by atoms with van der Waals surface area (Å²) in [5.74, 6) is 2.70. The van der Waals surface area contributed by atoms with Gasteiger partial charge in [-0.25, -0.2) is 0 Å². The van der Waals surface area contributed by atoms with Gasteiger partial charge in [0.1, 0.15) is 0 Å². The van der Waals surface area contributed by atoms with Crippen LogP contribution in [0.5, 0.6) is 0 Å². The molecule has 3 fully saturated rings. The second kappa shape index (κ2) is 5.38. The molecule has 0 aromatic carbocycles. The Hall–Kier alpha value is -1.06. The molecule has 4 nitrogen and oxygen atoms in total. The van der Waals surface area contributed by atoms with Gasteiger partial charge in [0.25, 0.3) is 0 Å². The molecule has 1 heterocycles. The number of hydrogen-bond donors (Lipinski definition) is 1. The van der Waals surface area contributed by atoms with Crippen molar-refractivity contribution in [2.24, 2.45) is 29.6 Å². The molecule has 0 aromatic heterocycles. The first-order chi connectivity index (χ1) is 9.56. The standard InChI is InChI=1S/C16H26N2O2/c1-10-6-13(10)15(19)17-8-12-4-3-5-18(9-12)16(20)14-7-11(14)2/h10-14H,3-9H2,1-2H3,(H,17,19)/t10-,11+,12+,13+,14+/m1/s1. The lowest BCUT2D eigenvalue weighted by Gasteiger charge is -2.33. The summed E-state index contributed by atoms with van der Waals surface area (Å²) in [7, 11) is 0. The lowest BCUT2D eigenvalue weighted by molar-refractivity contribution is -0.134. The molecule has 0 aromatic rings. The second-order valence-corrected chi connectivity index (χ2v) is 7.18. The van der Waals surface area contributed by atoms with Crippen molar-refractivity contribution in [2.45, 2.75) is 39.5 Å². The Morgan fingerprint density at radius 1 is 1.15 bits per heavy atom. The van der Waals surface area contributed by atoms with Gasteiger partial charge in [0.05, 0.1) is 0 Å². The maximum absolute atomic E-state index is 12.3. The molecule has 2 amide bonds. The topological polar surface area (TPSA) is 49.4 Å². The number of nitrogens with zero attached hydrogens (tertiary/aromatic N) is 1. The van der Waals surface area contributed by atoms with Crippen LogP contribution in [0, 0.1) is 29.6 Å². The zero-order chi connectivity index (χ0) is 14.3. The van der Waals surface area contributed by atoms with E-state index in [4.69, 9.17) is 0 Å². The van der Waals surface area contributed by atoms with Crippen LogP contribution in [0.25, 0.3) is 0 Å². The van der Waals surface area contributed by atoms with Crippen LogP contribution in [0.4, 0.5) is 0 Å². The molecular formula is C16H26N2O2. The van der Waals surface area contributed by atoms with Gasteiger partial charge in [0.15, 0.2) is 0 Å². The van der Waals surface area contributed by atoms with Crippen LogP contribution in [-0.2, 0) is 9.59 Å². The number of carbonyl (C=O) groups is 2. The van der Waals surface area contributed by atoms with Crippen molar-refractivity contribution in [3.8, 4) is 0 Å². The van der Waals surface area contributed by atoms with Gasteiger partial charge in [-0.05, 0) is 43.4 Å². The van der Waals surface area contributed by atoms with E-state index in [-0.39, 0.29) is 17.7 Å². The van der Waals surface area contributed by atoms with Gasteiger partial charge in [-0.1, -0.05) is 13.8 Å². The van der Waals surface area contributed by atoms with E-state index < -0.39 is 0 Å². The molecule has 1 N–H and O–H groups in total. The van der Waals surface area contributed by atoms with Crippen LogP contribution in [-0.4, -0.2) is 36.3 Å². The molecule has 2 saturated carbocycles. The molecular weight excluding hydrogens is 252 g/mol. The predicted octanol–water partition coefficient (Wildman–Crippen LogP) is 1.65. The third-order valence-electron chi connectivity index (χ3n) is 5.27. The fourth-order valence-electron chi connectivity index (χ4n) is 3.40. The summed E-state index contributed by atoms with van der Waals surface area (Å²) in [6.45, 7) is 6.77. The summed E-state index contributed by atoms with van der Waals surface area (Å²) in [6.07, 6.45) is 4.31. The molecule has 20 heavy (non-hydrogen) atoms. The molecule has 4 heteroatoms. The fraction of sp³-hybridized carbons (Fsp3) is 0.875. The molecule has 0 bridgehead atoms. The van der Waals surface area contributed by atoms with Crippen LogP contribution in [0.15, 0.2) is 0 Å².